The fraction of sp³-hybridized carbons (Fsp3) is 0.190. The van der Waals surface area contributed by atoms with Gasteiger partial charge < -0.3 is 4.84 Å². The van der Waals surface area contributed by atoms with E-state index in [1.165, 1.54) is 6.07 Å². The van der Waals surface area contributed by atoms with Crippen LogP contribution < -0.4 is 10.9 Å². The minimum Gasteiger partial charge on any atom is -0.379 e. The fourth-order valence-electron chi connectivity index (χ4n) is 3.13. The monoisotopic (exact) mass is 412 g/mol. The highest BCUT2D eigenvalue weighted by Crippen LogP contribution is 2.29. The highest BCUT2D eigenvalue weighted by atomic mass is 35.5. The van der Waals surface area contributed by atoms with E-state index in [9.17, 15) is 9.18 Å². The van der Waals surface area contributed by atoms with Crippen molar-refractivity contribution in [1.29, 1.82) is 0 Å². The number of anilines is 1. The lowest BCUT2D eigenvalue weighted by molar-refractivity contribution is -0.141. The number of aromatic nitrogens is 1. The summed E-state index contributed by atoms with van der Waals surface area (Å²) in [6.45, 7) is 3.48. The van der Waals surface area contributed by atoms with Gasteiger partial charge in [-0.25, -0.2) is 9.37 Å². The number of oxime groups is 1. The van der Waals surface area contributed by atoms with Crippen LogP contribution in [0.25, 0.3) is 10.9 Å². The van der Waals surface area contributed by atoms with E-state index >= 15 is 0 Å². The Morgan fingerprint density at radius 3 is 2.86 bits per heavy atom. The largest absolute Gasteiger partial charge is 0.379 e. The third-order valence-corrected chi connectivity index (χ3v) is 5.11. The number of halogens is 2. The summed E-state index contributed by atoms with van der Waals surface area (Å²) in [5.41, 5.74) is 6.39. The summed E-state index contributed by atoms with van der Waals surface area (Å²) in [4.78, 5) is 22.6. The Morgan fingerprint density at radius 2 is 2.03 bits per heavy atom. The maximum absolute atomic E-state index is 14.3. The molecule has 2 heterocycles. The van der Waals surface area contributed by atoms with Crippen molar-refractivity contribution in [2.24, 2.45) is 5.16 Å². The zero-order valence-electron chi connectivity index (χ0n) is 15.8. The van der Waals surface area contributed by atoms with Gasteiger partial charge in [0.05, 0.1) is 16.3 Å². The summed E-state index contributed by atoms with van der Waals surface area (Å²) in [7, 11) is 0. The highest BCUT2D eigenvalue weighted by molar-refractivity contribution is 6.31. The topological polar surface area (TPSA) is 75.6 Å². The van der Waals surface area contributed by atoms with Crippen molar-refractivity contribution in [3.05, 3.63) is 70.5 Å². The van der Waals surface area contributed by atoms with Gasteiger partial charge in [0.25, 0.3) is 5.91 Å². The van der Waals surface area contributed by atoms with Crippen LogP contribution in [0.15, 0.2) is 53.7 Å². The summed E-state index contributed by atoms with van der Waals surface area (Å²) in [6, 6.07) is 14.3. The normalized spacial score (nSPS) is 18.3. The molecule has 0 radical (unpaired) electrons. The number of nitrogens with zero attached hydrogens (tertiary/aromatic N) is 2. The van der Waals surface area contributed by atoms with E-state index < -0.39 is 17.3 Å². The quantitative estimate of drug-likeness (QED) is 0.624. The molecule has 148 valence electrons. The molecule has 2 N–H and O–H groups in total. The summed E-state index contributed by atoms with van der Waals surface area (Å²) in [6.07, 6.45) is 0.0991. The van der Waals surface area contributed by atoms with Gasteiger partial charge in [0.1, 0.15) is 5.82 Å². The van der Waals surface area contributed by atoms with Crippen LogP contribution in [0, 0.1) is 12.7 Å². The molecule has 0 bridgehead atoms. The van der Waals surface area contributed by atoms with Gasteiger partial charge in [-0.3, -0.25) is 15.6 Å². The first-order chi connectivity index (χ1) is 13.9. The van der Waals surface area contributed by atoms with Gasteiger partial charge in [-0.1, -0.05) is 41.0 Å². The summed E-state index contributed by atoms with van der Waals surface area (Å²) < 4.78 is 14.3. The average molecular weight is 413 g/mol. The van der Waals surface area contributed by atoms with E-state index in [0.717, 1.165) is 16.5 Å². The van der Waals surface area contributed by atoms with Gasteiger partial charge in [0.2, 0.25) is 5.60 Å². The van der Waals surface area contributed by atoms with Crippen molar-refractivity contribution in [3.8, 4) is 0 Å². The fourth-order valence-corrected chi connectivity index (χ4v) is 3.30. The molecule has 3 aromatic rings. The molecule has 2 aromatic carbocycles. The smallest absolute Gasteiger partial charge is 0.285 e. The number of fused-ring (bicyclic) bond motifs is 1. The first-order valence-corrected chi connectivity index (χ1v) is 9.37. The number of hydrogen-bond donors (Lipinski definition) is 2. The van der Waals surface area contributed by atoms with Gasteiger partial charge in [-0.05, 0) is 43.7 Å². The van der Waals surface area contributed by atoms with Crippen molar-refractivity contribution in [2.75, 3.05) is 5.43 Å². The van der Waals surface area contributed by atoms with Gasteiger partial charge in [-0.15, -0.1) is 0 Å². The SMILES string of the molecule is Cc1cc2ccccc2nc1NNC(=O)C1(C)CC(c2cccc(Cl)c2F)=NO1. The van der Waals surface area contributed by atoms with Crippen LogP contribution >= 0.6 is 11.6 Å². The Hall–Kier alpha value is -3.19. The molecular formula is C21H18ClFN4O2. The average Bonchev–Trinajstić information content (AvgIpc) is 3.11. The number of pyridine rings is 1. The minimum atomic E-state index is -1.29. The molecule has 29 heavy (non-hydrogen) atoms. The number of amides is 1. The molecule has 0 spiro atoms. The first kappa shape index (κ1) is 19.1. The molecular weight excluding hydrogens is 395 g/mol. The number of para-hydroxylation sites is 1. The third kappa shape index (κ3) is 3.61. The zero-order chi connectivity index (χ0) is 20.6. The number of carbonyl (C=O) groups is 1. The molecule has 0 fully saturated rings. The number of rotatable bonds is 4. The second kappa shape index (κ2) is 7.33. The molecule has 1 atom stereocenters. The van der Waals surface area contributed by atoms with Gasteiger partial charge in [-0.2, -0.15) is 0 Å². The van der Waals surface area contributed by atoms with Crippen LogP contribution in [-0.2, 0) is 9.63 Å². The Morgan fingerprint density at radius 1 is 1.24 bits per heavy atom. The molecule has 0 saturated carbocycles. The number of carbonyl (C=O) groups excluding carboxylic acids is 1. The van der Waals surface area contributed by atoms with E-state index in [4.69, 9.17) is 16.4 Å². The van der Waals surface area contributed by atoms with E-state index in [1.807, 2.05) is 37.3 Å². The molecule has 4 rings (SSSR count). The zero-order valence-corrected chi connectivity index (χ0v) is 16.5. The van der Waals surface area contributed by atoms with Crippen LogP contribution in [0.2, 0.25) is 5.02 Å². The van der Waals surface area contributed by atoms with Crippen LogP contribution in [0.1, 0.15) is 24.5 Å². The second-order valence-corrected chi connectivity index (χ2v) is 7.47. The summed E-state index contributed by atoms with van der Waals surface area (Å²) >= 11 is 5.83. The Bertz CT molecular complexity index is 1150. The summed E-state index contributed by atoms with van der Waals surface area (Å²) in [5, 5.41) is 4.91. The Kier molecular flexibility index (Phi) is 4.84. The number of hydrogen-bond acceptors (Lipinski definition) is 5. The highest BCUT2D eigenvalue weighted by Gasteiger charge is 2.43. The van der Waals surface area contributed by atoms with Crippen LogP contribution in [-0.4, -0.2) is 22.2 Å². The summed E-state index contributed by atoms with van der Waals surface area (Å²) in [5.74, 6) is -0.510. The van der Waals surface area contributed by atoms with Crippen molar-refractivity contribution in [2.45, 2.75) is 25.9 Å². The van der Waals surface area contributed by atoms with E-state index in [-0.39, 0.29) is 17.0 Å². The van der Waals surface area contributed by atoms with Crippen molar-refractivity contribution in [1.82, 2.24) is 10.4 Å². The predicted molar refractivity (Wildman–Crippen MR) is 110 cm³/mol. The maximum atomic E-state index is 14.3. The molecule has 1 unspecified atom stereocenters. The predicted octanol–water partition coefficient (Wildman–Crippen LogP) is 4.36. The van der Waals surface area contributed by atoms with Crippen LogP contribution in [0.4, 0.5) is 10.2 Å². The molecule has 0 aliphatic carbocycles. The maximum Gasteiger partial charge on any atom is 0.285 e. The molecule has 1 amide bonds. The molecule has 0 saturated heterocycles. The second-order valence-electron chi connectivity index (χ2n) is 7.06. The Labute approximate surface area is 171 Å². The lowest BCUT2D eigenvalue weighted by Gasteiger charge is -2.21. The number of hydrazine groups is 1. The third-order valence-electron chi connectivity index (χ3n) is 4.81. The van der Waals surface area contributed by atoms with Crippen LogP contribution in [0.3, 0.4) is 0 Å². The van der Waals surface area contributed by atoms with Crippen molar-refractivity contribution < 1.29 is 14.0 Å². The lowest BCUT2D eigenvalue weighted by Crippen LogP contribution is -2.47. The Balaban J connectivity index is 1.47. The van der Waals surface area contributed by atoms with Crippen LogP contribution in [0.5, 0.6) is 0 Å². The van der Waals surface area contributed by atoms with Crippen molar-refractivity contribution in [3.63, 3.8) is 0 Å². The first-order valence-electron chi connectivity index (χ1n) is 9.00. The van der Waals surface area contributed by atoms with Gasteiger partial charge in [0.15, 0.2) is 5.82 Å². The van der Waals surface area contributed by atoms with Gasteiger partial charge in [0, 0.05) is 17.4 Å². The molecule has 1 aliphatic heterocycles. The van der Waals surface area contributed by atoms with E-state index in [2.05, 4.69) is 21.0 Å². The lowest BCUT2D eigenvalue weighted by atomic mass is 9.95. The molecule has 6 nitrogen and oxygen atoms in total. The molecule has 8 heteroatoms. The molecule has 1 aromatic heterocycles. The van der Waals surface area contributed by atoms with Crippen molar-refractivity contribution >= 4 is 39.9 Å². The number of aryl methyl sites for hydroxylation is 1. The number of nitrogens with one attached hydrogen (secondary N) is 2. The minimum absolute atomic E-state index is 0.0113. The van der Waals surface area contributed by atoms with E-state index in [0.29, 0.717) is 11.5 Å². The number of benzene rings is 2. The molecule has 1 aliphatic rings. The van der Waals surface area contributed by atoms with E-state index in [1.54, 1.807) is 19.1 Å². The standard InChI is InChI=1S/C21H18ClFN4O2/c1-12-10-13-6-3-4-9-16(13)24-19(12)25-26-20(28)21(2)11-17(27-29-21)14-7-5-8-15(22)18(14)23/h3-10H,11H2,1-2H3,(H,24,25)(H,26,28). The van der Waals surface area contributed by atoms with Gasteiger partial charge >= 0.3 is 0 Å².